The van der Waals surface area contributed by atoms with Crippen LogP contribution < -0.4 is 0 Å². The molecule has 1 fully saturated rings. The van der Waals surface area contributed by atoms with Gasteiger partial charge in [-0.05, 0) is 25.7 Å². The van der Waals surface area contributed by atoms with E-state index in [2.05, 4.69) is 18.4 Å². The van der Waals surface area contributed by atoms with Crippen LogP contribution in [0.2, 0.25) is 0 Å². The average molecular weight is 761 g/mol. The van der Waals surface area contributed by atoms with E-state index < -0.39 is 44.7 Å². The number of rotatable bonds is 34. The molecule has 0 spiro atoms. The second-order valence-electron chi connectivity index (χ2n) is 14.7. The number of ketones is 1. The Morgan fingerprint density at radius 1 is 0.750 bits per heavy atom. The highest BCUT2D eigenvalue weighted by Crippen LogP contribution is 2.36. The van der Waals surface area contributed by atoms with Crippen LogP contribution in [0.3, 0.4) is 0 Å². The zero-order chi connectivity index (χ0) is 38.5. The second kappa shape index (κ2) is 30.7. The summed E-state index contributed by atoms with van der Waals surface area (Å²) < 4.78 is 26.4. The van der Waals surface area contributed by atoms with Crippen molar-refractivity contribution in [2.45, 2.75) is 199 Å². The first kappa shape index (κ1) is 48.4. The van der Waals surface area contributed by atoms with Crippen molar-refractivity contribution in [3.63, 3.8) is 0 Å². The number of hydrogen-bond acceptors (Lipinski definition) is 9. The first-order valence-electron chi connectivity index (χ1n) is 20.6. The van der Waals surface area contributed by atoms with E-state index in [1.54, 1.807) is 12.2 Å². The lowest BCUT2D eigenvalue weighted by atomic mass is 9.88. The molecule has 1 saturated carbocycles. The number of aliphatic hydroxyl groups is 2. The molecule has 11 nitrogen and oxygen atoms in total. The largest absolute Gasteiger partial charge is 0.469 e. The average Bonchev–Trinajstić information content (AvgIpc) is 3.37. The molecule has 1 rings (SSSR count). The third-order valence-corrected chi connectivity index (χ3v) is 10.4. The van der Waals surface area contributed by atoms with Crippen molar-refractivity contribution in [2.75, 3.05) is 13.2 Å². The number of carbonyl (C=O) groups is 3. The van der Waals surface area contributed by atoms with Crippen LogP contribution in [0.5, 0.6) is 0 Å². The number of phosphoric ester groups is 1. The van der Waals surface area contributed by atoms with E-state index in [1.165, 1.54) is 64.2 Å². The van der Waals surface area contributed by atoms with Crippen molar-refractivity contribution < 1.29 is 52.9 Å². The molecular weight excluding hydrogens is 687 g/mol. The van der Waals surface area contributed by atoms with Crippen LogP contribution in [0.4, 0.5) is 0 Å². The zero-order valence-electron chi connectivity index (χ0n) is 32.4. The van der Waals surface area contributed by atoms with Crippen LogP contribution in [-0.2, 0) is 32.9 Å². The van der Waals surface area contributed by atoms with Gasteiger partial charge in [0.1, 0.15) is 12.4 Å². The summed E-state index contributed by atoms with van der Waals surface area (Å²) in [7, 11) is -4.82. The predicted molar refractivity (Wildman–Crippen MR) is 203 cm³/mol. The Morgan fingerprint density at radius 3 is 1.81 bits per heavy atom. The monoisotopic (exact) mass is 760 g/mol. The maximum Gasteiger partial charge on any atom is 0.469 e. The maximum atomic E-state index is 12.5. The third-order valence-electron chi connectivity index (χ3n) is 9.93. The van der Waals surface area contributed by atoms with Gasteiger partial charge in [0, 0.05) is 31.1 Å². The molecule has 0 bridgehead atoms. The van der Waals surface area contributed by atoms with Crippen molar-refractivity contribution in [3.05, 3.63) is 12.2 Å². The zero-order valence-corrected chi connectivity index (χ0v) is 33.3. The van der Waals surface area contributed by atoms with E-state index in [0.29, 0.717) is 32.1 Å². The highest BCUT2D eigenvalue weighted by Gasteiger charge is 2.39. The van der Waals surface area contributed by atoms with Gasteiger partial charge in [0.15, 0.2) is 6.10 Å². The first-order chi connectivity index (χ1) is 25.0. The lowest BCUT2D eigenvalue weighted by molar-refractivity contribution is -0.161. The number of aliphatic hydroxyl groups excluding tert-OH is 2. The molecular formula is C40H73O11P. The second-order valence-corrected chi connectivity index (χ2v) is 16.0. The highest BCUT2D eigenvalue weighted by atomic mass is 31.2. The van der Waals surface area contributed by atoms with Crippen LogP contribution in [-0.4, -0.2) is 69.2 Å². The van der Waals surface area contributed by atoms with Crippen molar-refractivity contribution in [1.82, 2.24) is 0 Å². The Bertz CT molecular complexity index is 1010. The summed E-state index contributed by atoms with van der Waals surface area (Å²) in [4.78, 5) is 55.5. The lowest BCUT2D eigenvalue weighted by Crippen LogP contribution is -2.29. The van der Waals surface area contributed by atoms with Gasteiger partial charge in [0.25, 0.3) is 0 Å². The van der Waals surface area contributed by atoms with Gasteiger partial charge in [-0.1, -0.05) is 148 Å². The van der Waals surface area contributed by atoms with Gasteiger partial charge in [-0.2, -0.15) is 0 Å². The molecule has 0 aliphatic heterocycles. The molecule has 0 unspecified atom stereocenters. The van der Waals surface area contributed by atoms with Crippen molar-refractivity contribution in [1.29, 1.82) is 0 Å². The fourth-order valence-corrected chi connectivity index (χ4v) is 7.16. The topological polar surface area (TPSA) is 177 Å². The van der Waals surface area contributed by atoms with Crippen LogP contribution in [0.25, 0.3) is 0 Å². The summed E-state index contributed by atoms with van der Waals surface area (Å²) in [6.07, 6.45) is 25.5. The lowest BCUT2D eigenvalue weighted by Gasteiger charge is -2.19. The van der Waals surface area contributed by atoms with Crippen LogP contribution in [0.1, 0.15) is 181 Å². The van der Waals surface area contributed by atoms with Gasteiger partial charge >= 0.3 is 19.8 Å². The molecule has 0 heterocycles. The number of Topliss-reactive ketones (excluding diaryl/α,β-unsaturated/α-hetero) is 1. The van der Waals surface area contributed by atoms with Gasteiger partial charge in [0.05, 0.1) is 18.8 Å². The maximum absolute atomic E-state index is 12.5. The molecule has 0 radical (unpaired) electrons. The number of phosphoric acid groups is 1. The molecule has 1 aliphatic rings. The van der Waals surface area contributed by atoms with Gasteiger partial charge < -0.3 is 29.5 Å². The molecule has 0 saturated heterocycles. The summed E-state index contributed by atoms with van der Waals surface area (Å²) >= 11 is 0. The minimum atomic E-state index is -4.82. The van der Waals surface area contributed by atoms with Gasteiger partial charge in [-0.25, -0.2) is 4.57 Å². The van der Waals surface area contributed by atoms with Gasteiger partial charge in [0.2, 0.25) is 0 Å². The van der Waals surface area contributed by atoms with Crippen LogP contribution in [0, 0.1) is 11.8 Å². The Hall–Kier alpha value is -1.62. The van der Waals surface area contributed by atoms with Gasteiger partial charge in [-0.3, -0.25) is 18.9 Å². The smallest absolute Gasteiger partial charge is 0.462 e. The quantitative estimate of drug-likeness (QED) is 0.0213. The Morgan fingerprint density at radius 2 is 1.25 bits per heavy atom. The molecule has 4 N–H and O–H groups in total. The SMILES string of the molecule is CCCCCCCCCCCCCCCCC(=O)OC[C@H](COP(=O)(O)O)OC(=O)CCCCCC[C@H]1C(=O)C[C@@H](O)[C@@H]1/C=C/[C@@H](O)CCCCC. The van der Waals surface area contributed by atoms with E-state index in [4.69, 9.17) is 19.3 Å². The number of unbranched alkanes of at least 4 members (excludes halogenated alkanes) is 18. The fourth-order valence-electron chi connectivity index (χ4n) is 6.80. The van der Waals surface area contributed by atoms with E-state index in [9.17, 15) is 29.2 Å². The standard InChI is InChI=1S/C40H73O11P/c1-3-5-7-8-9-10-11-12-13-14-15-16-17-22-26-39(44)49-31-34(32-50-52(46,47)48)51-40(45)27-23-19-18-21-25-35-36(38(43)30-37(35)42)29-28-33(41)24-20-6-4-2/h28-29,33-36,38,41,43H,3-27,30-32H2,1-2H3,(H2,46,47,48)/b29-28+/t33-,34+,35+,36+,38+/m0/s1. The number of ether oxygens (including phenoxy) is 2. The molecule has 5 atom stereocenters. The summed E-state index contributed by atoms with van der Waals surface area (Å²) in [6.45, 7) is 3.39. The van der Waals surface area contributed by atoms with E-state index in [1.807, 2.05) is 0 Å². The van der Waals surface area contributed by atoms with Crippen LogP contribution in [0.15, 0.2) is 12.2 Å². The molecule has 1 aliphatic carbocycles. The number of carbonyl (C=O) groups excluding carboxylic acids is 3. The van der Waals surface area contributed by atoms with Crippen molar-refractivity contribution in [3.8, 4) is 0 Å². The molecule has 304 valence electrons. The van der Waals surface area contributed by atoms with Crippen molar-refractivity contribution >= 4 is 25.5 Å². The number of esters is 2. The van der Waals surface area contributed by atoms with Gasteiger partial charge in [-0.15, -0.1) is 0 Å². The molecule has 0 aromatic heterocycles. The molecule has 0 aromatic rings. The van der Waals surface area contributed by atoms with E-state index >= 15 is 0 Å². The minimum Gasteiger partial charge on any atom is -0.462 e. The molecule has 12 heteroatoms. The normalized spacial score (nSPS) is 19.0. The minimum absolute atomic E-state index is 0.0371. The third kappa shape index (κ3) is 26.2. The molecule has 0 amide bonds. The molecule has 0 aromatic carbocycles. The Kier molecular flexibility index (Phi) is 28.6. The molecule has 52 heavy (non-hydrogen) atoms. The number of hydrogen-bond donors (Lipinski definition) is 4. The van der Waals surface area contributed by atoms with E-state index in [-0.39, 0.29) is 43.5 Å². The predicted octanol–water partition coefficient (Wildman–Crippen LogP) is 8.83. The van der Waals surface area contributed by atoms with Crippen molar-refractivity contribution in [2.24, 2.45) is 11.8 Å². The summed E-state index contributed by atoms with van der Waals surface area (Å²) in [5.41, 5.74) is 0. The summed E-state index contributed by atoms with van der Waals surface area (Å²) in [5, 5.41) is 20.6. The Balaban J connectivity index is 2.27. The fraction of sp³-hybridized carbons (Fsp3) is 0.875. The first-order valence-corrected chi connectivity index (χ1v) is 22.1. The van der Waals surface area contributed by atoms with E-state index in [0.717, 1.165) is 51.4 Å². The highest BCUT2D eigenvalue weighted by molar-refractivity contribution is 7.46. The summed E-state index contributed by atoms with van der Waals surface area (Å²) in [6, 6.07) is 0. The Labute approximate surface area is 314 Å². The van der Waals surface area contributed by atoms with Crippen LogP contribution >= 0.6 is 7.82 Å². The summed E-state index contributed by atoms with van der Waals surface area (Å²) in [5.74, 6) is -1.59.